The van der Waals surface area contributed by atoms with E-state index in [-0.39, 0.29) is 12.1 Å². The number of hydrogen-bond acceptors (Lipinski definition) is 6. The van der Waals surface area contributed by atoms with Gasteiger partial charge in [0.2, 0.25) is 5.95 Å². The van der Waals surface area contributed by atoms with Crippen molar-refractivity contribution < 1.29 is 9.53 Å². The largest absolute Gasteiger partial charge is 0.444 e. The fraction of sp³-hybridized carbons (Fsp3) is 0.688. The van der Waals surface area contributed by atoms with Gasteiger partial charge in [0.05, 0.1) is 0 Å². The predicted molar refractivity (Wildman–Crippen MR) is 89.5 cm³/mol. The Kier molecular flexibility index (Phi) is 5.76. The van der Waals surface area contributed by atoms with Crippen molar-refractivity contribution in [3.8, 4) is 0 Å². The first-order valence-corrected chi connectivity index (χ1v) is 8.07. The summed E-state index contributed by atoms with van der Waals surface area (Å²) in [5.74, 6) is 0.784. The van der Waals surface area contributed by atoms with E-state index in [2.05, 4.69) is 25.1 Å². The minimum atomic E-state index is -0.467. The molecule has 1 amide bonds. The van der Waals surface area contributed by atoms with Crippen molar-refractivity contribution in [2.75, 3.05) is 37.6 Å². The number of piperazine rings is 1. The summed E-state index contributed by atoms with van der Waals surface area (Å²) < 4.78 is 5.28. The van der Waals surface area contributed by atoms with E-state index < -0.39 is 5.60 Å². The van der Waals surface area contributed by atoms with Crippen LogP contribution in [0.1, 0.15) is 27.7 Å². The van der Waals surface area contributed by atoms with Gasteiger partial charge in [-0.25, -0.2) is 14.8 Å². The van der Waals surface area contributed by atoms with Crippen LogP contribution in [0.5, 0.6) is 0 Å². The second-order valence-electron chi connectivity index (χ2n) is 6.88. The topological polar surface area (TPSA) is 70.6 Å². The third kappa shape index (κ3) is 6.02. The SMILES string of the molecule is CC(CN1CCN(c2ncccn2)CC1)NC(=O)OC(C)(C)C. The number of aromatic nitrogens is 2. The number of anilines is 1. The summed E-state index contributed by atoms with van der Waals surface area (Å²) in [6.45, 7) is 12.0. The predicted octanol–water partition coefficient (Wildman–Crippen LogP) is 1.51. The number of ether oxygens (including phenoxy) is 1. The van der Waals surface area contributed by atoms with Gasteiger partial charge in [-0.15, -0.1) is 0 Å². The van der Waals surface area contributed by atoms with Crippen LogP contribution >= 0.6 is 0 Å². The molecule has 0 radical (unpaired) electrons. The van der Waals surface area contributed by atoms with Crippen LogP contribution in [0.4, 0.5) is 10.7 Å². The van der Waals surface area contributed by atoms with Gasteiger partial charge in [-0.3, -0.25) is 4.90 Å². The standard InChI is InChI=1S/C16H27N5O2/c1-13(19-15(22)23-16(2,3)4)12-20-8-10-21(11-9-20)14-17-6-5-7-18-14/h5-7,13H,8-12H2,1-4H3,(H,19,22). The Hall–Kier alpha value is -1.89. The molecular formula is C16H27N5O2. The first-order valence-electron chi connectivity index (χ1n) is 8.07. The Bertz CT molecular complexity index is 495. The van der Waals surface area contributed by atoms with Gasteiger partial charge in [0, 0.05) is 51.2 Å². The van der Waals surface area contributed by atoms with Crippen LogP contribution in [0.2, 0.25) is 0 Å². The van der Waals surface area contributed by atoms with Gasteiger partial charge in [-0.1, -0.05) is 0 Å². The number of hydrogen-bond donors (Lipinski definition) is 1. The molecule has 1 aliphatic heterocycles. The summed E-state index contributed by atoms with van der Waals surface area (Å²) >= 11 is 0. The molecule has 2 rings (SSSR count). The van der Waals surface area contributed by atoms with Gasteiger partial charge >= 0.3 is 6.09 Å². The average molecular weight is 321 g/mol. The minimum Gasteiger partial charge on any atom is -0.444 e. The Morgan fingerprint density at radius 3 is 2.43 bits per heavy atom. The monoisotopic (exact) mass is 321 g/mol. The highest BCUT2D eigenvalue weighted by Crippen LogP contribution is 2.10. The molecule has 1 fully saturated rings. The number of nitrogens with one attached hydrogen (secondary N) is 1. The highest BCUT2D eigenvalue weighted by Gasteiger charge is 2.22. The van der Waals surface area contributed by atoms with E-state index >= 15 is 0 Å². The highest BCUT2D eigenvalue weighted by atomic mass is 16.6. The van der Waals surface area contributed by atoms with Crippen LogP contribution in [0, 0.1) is 0 Å². The van der Waals surface area contributed by atoms with E-state index in [0.29, 0.717) is 0 Å². The van der Waals surface area contributed by atoms with Gasteiger partial charge in [0.15, 0.2) is 0 Å². The van der Waals surface area contributed by atoms with Gasteiger partial charge < -0.3 is 15.0 Å². The lowest BCUT2D eigenvalue weighted by Gasteiger charge is -2.36. The Balaban J connectivity index is 1.72. The molecule has 2 heterocycles. The number of alkyl carbamates (subject to hydrolysis) is 1. The van der Waals surface area contributed by atoms with E-state index in [1.54, 1.807) is 12.4 Å². The molecule has 1 aliphatic rings. The Morgan fingerprint density at radius 2 is 1.87 bits per heavy atom. The summed E-state index contributed by atoms with van der Waals surface area (Å²) in [5, 5.41) is 2.89. The molecule has 1 saturated heterocycles. The lowest BCUT2D eigenvalue weighted by atomic mass is 10.2. The molecule has 0 bridgehead atoms. The summed E-state index contributed by atoms with van der Waals surface area (Å²) in [5.41, 5.74) is -0.467. The summed E-state index contributed by atoms with van der Waals surface area (Å²) in [6.07, 6.45) is 3.17. The van der Waals surface area contributed by atoms with Gasteiger partial charge in [-0.05, 0) is 33.8 Å². The highest BCUT2D eigenvalue weighted by molar-refractivity contribution is 5.68. The summed E-state index contributed by atoms with van der Waals surface area (Å²) in [7, 11) is 0. The van der Waals surface area contributed by atoms with Crippen LogP contribution in [0.3, 0.4) is 0 Å². The third-order valence-electron chi connectivity index (χ3n) is 3.50. The maximum absolute atomic E-state index is 11.8. The molecule has 0 aliphatic carbocycles. The van der Waals surface area contributed by atoms with Gasteiger partial charge in [-0.2, -0.15) is 0 Å². The number of amides is 1. The number of nitrogens with zero attached hydrogens (tertiary/aromatic N) is 4. The Labute approximate surface area is 138 Å². The van der Waals surface area contributed by atoms with Crippen molar-refractivity contribution in [2.24, 2.45) is 0 Å². The first-order chi connectivity index (χ1) is 10.8. The summed E-state index contributed by atoms with van der Waals surface area (Å²) in [4.78, 5) is 24.9. The molecule has 1 aromatic rings. The molecule has 1 atom stereocenters. The fourth-order valence-electron chi connectivity index (χ4n) is 2.53. The van der Waals surface area contributed by atoms with E-state index in [1.807, 2.05) is 33.8 Å². The molecule has 23 heavy (non-hydrogen) atoms. The average Bonchev–Trinajstić information content (AvgIpc) is 2.46. The van der Waals surface area contributed by atoms with Crippen molar-refractivity contribution in [3.05, 3.63) is 18.5 Å². The van der Waals surface area contributed by atoms with Crippen molar-refractivity contribution in [1.29, 1.82) is 0 Å². The smallest absolute Gasteiger partial charge is 0.407 e. The molecule has 128 valence electrons. The molecule has 7 heteroatoms. The second kappa shape index (κ2) is 7.59. The third-order valence-corrected chi connectivity index (χ3v) is 3.50. The van der Waals surface area contributed by atoms with Crippen molar-refractivity contribution in [3.63, 3.8) is 0 Å². The first kappa shape index (κ1) is 17.5. The van der Waals surface area contributed by atoms with Gasteiger partial charge in [0.25, 0.3) is 0 Å². The van der Waals surface area contributed by atoms with E-state index in [1.165, 1.54) is 0 Å². The van der Waals surface area contributed by atoms with E-state index in [0.717, 1.165) is 38.7 Å². The molecule has 1 N–H and O–H groups in total. The molecule has 1 aromatic heterocycles. The number of carbonyl (C=O) groups is 1. The lowest BCUT2D eigenvalue weighted by molar-refractivity contribution is 0.0496. The normalized spacial score (nSPS) is 17.7. The minimum absolute atomic E-state index is 0.0457. The van der Waals surface area contributed by atoms with Crippen LogP contribution in [0.15, 0.2) is 18.5 Å². The van der Waals surface area contributed by atoms with Crippen LogP contribution < -0.4 is 10.2 Å². The number of carbonyl (C=O) groups excluding carboxylic acids is 1. The maximum atomic E-state index is 11.8. The second-order valence-corrected chi connectivity index (χ2v) is 6.88. The van der Waals surface area contributed by atoms with Gasteiger partial charge in [0.1, 0.15) is 5.60 Å². The lowest BCUT2D eigenvalue weighted by Crippen LogP contribution is -2.51. The molecule has 0 spiro atoms. The fourth-order valence-corrected chi connectivity index (χ4v) is 2.53. The quantitative estimate of drug-likeness (QED) is 0.906. The van der Waals surface area contributed by atoms with E-state index in [4.69, 9.17) is 4.74 Å². The van der Waals surface area contributed by atoms with Crippen molar-refractivity contribution in [2.45, 2.75) is 39.3 Å². The number of rotatable bonds is 4. The summed E-state index contributed by atoms with van der Waals surface area (Å²) in [6, 6.07) is 1.87. The molecule has 7 nitrogen and oxygen atoms in total. The zero-order chi connectivity index (χ0) is 16.9. The molecule has 0 saturated carbocycles. The molecule has 0 aromatic carbocycles. The van der Waals surface area contributed by atoms with Crippen molar-refractivity contribution >= 4 is 12.0 Å². The van der Waals surface area contributed by atoms with Crippen molar-refractivity contribution in [1.82, 2.24) is 20.2 Å². The molecule has 1 unspecified atom stereocenters. The molecular weight excluding hydrogens is 294 g/mol. The zero-order valence-corrected chi connectivity index (χ0v) is 14.5. The Morgan fingerprint density at radius 1 is 1.26 bits per heavy atom. The zero-order valence-electron chi connectivity index (χ0n) is 14.5. The van der Waals surface area contributed by atoms with E-state index in [9.17, 15) is 4.79 Å². The maximum Gasteiger partial charge on any atom is 0.407 e. The van der Waals surface area contributed by atoms with Crippen LogP contribution in [-0.2, 0) is 4.74 Å². The van der Waals surface area contributed by atoms with Crippen LogP contribution in [0.25, 0.3) is 0 Å². The van der Waals surface area contributed by atoms with Crippen LogP contribution in [-0.4, -0.2) is 65.3 Å².